The van der Waals surface area contributed by atoms with Gasteiger partial charge in [0.2, 0.25) is 0 Å². The van der Waals surface area contributed by atoms with Crippen LogP contribution in [0.4, 0.5) is 5.95 Å². The largest absolute Gasteiger partial charge is 0.369 e. The van der Waals surface area contributed by atoms with Crippen molar-refractivity contribution in [3.05, 3.63) is 33.2 Å². The average molecular weight is 228 g/mol. The highest BCUT2D eigenvalue weighted by molar-refractivity contribution is 7.09. The molecule has 0 saturated carbocycles. The van der Waals surface area contributed by atoms with Crippen molar-refractivity contribution in [2.75, 3.05) is 5.73 Å². The van der Waals surface area contributed by atoms with E-state index in [-0.39, 0.29) is 0 Å². The first-order valence-electron chi connectivity index (χ1n) is 4.28. The van der Waals surface area contributed by atoms with E-state index in [1.165, 1.54) is 4.88 Å². The fraction of sp³-hybridized carbons (Fsp3) is 0.222. The van der Waals surface area contributed by atoms with Crippen LogP contribution in [-0.4, -0.2) is 9.97 Å². The molecule has 0 radical (unpaired) electrons. The van der Waals surface area contributed by atoms with Gasteiger partial charge in [-0.2, -0.15) is 0 Å². The normalized spacial score (nSPS) is 10.6. The molecule has 0 aliphatic heterocycles. The van der Waals surface area contributed by atoms with E-state index in [4.69, 9.17) is 17.3 Å². The summed E-state index contributed by atoms with van der Waals surface area (Å²) in [6.45, 7) is 0. The van der Waals surface area contributed by atoms with Crippen molar-refractivity contribution in [2.24, 2.45) is 0 Å². The van der Waals surface area contributed by atoms with Gasteiger partial charge in [-0.1, -0.05) is 17.7 Å². The average Bonchev–Trinajstić information content (AvgIpc) is 2.72. The van der Waals surface area contributed by atoms with Crippen LogP contribution in [0.1, 0.15) is 10.6 Å². The SMILES string of the molecule is Nc1nc(Cl)c(CCc2cccs2)[nH]1. The Morgan fingerprint density at radius 2 is 2.36 bits per heavy atom. The highest BCUT2D eigenvalue weighted by Crippen LogP contribution is 2.17. The second-order valence-electron chi connectivity index (χ2n) is 2.97. The summed E-state index contributed by atoms with van der Waals surface area (Å²) in [4.78, 5) is 8.19. The van der Waals surface area contributed by atoms with Gasteiger partial charge in [-0.25, -0.2) is 4.98 Å². The van der Waals surface area contributed by atoms with E-state index < -0.39 is 0 Å². The van der Waals surface area contributed by atoms with Gasteiger partial charge in [0.05, 0.1) is 5.69 Å². The Bertz CT molecular complexity index is 408. The molecule has 3 N–H and O–H groups in total. The Morgan fingerprint density at radius 3 is 2.93 bits per heavy atom. The quantitative estimate of drug-likeness (QED) is 0.847. The van der Waals surface area contributed by atoms with Gasteiger partial charge in [0.15, 0.2) is 11.1 Å². The summed E-state index contributed by atoms with van der Waals surface area (Å²) in [5.41, 5.74) is 6.39. The number of thiophene rings is 1. The third-order valence-electron chi connectivity index (χ3n) is 1.95. The smallest absolute Gasteiger partial charge is 0.199 e. The van der Waals surface area contributed by atoms with Crippen molar-refractivity contribution in [1.29, 1.82) is 0 Å². The van der Waals surface area contributed by atoms with Gasteiger partial charge in [-0.15, -0.1) is 11.3 Å². The van der Waals surface area contributed by atoms with E-state index in [2.05, 4.69) is 21.4 Å². The maximum Gasteiger partial charge on any atom is 0.199 e. The summed E-state index contributed by atoms with van der Waals surface area (Å²) in [7, 11) is 0. The molecule has 0 aromatic carbocycles. The summed E-state index contributed by atoms with van der Waals surface area (Å²) < 4.78 is 0. The Kier molecular flexibility index (Phi) is 2.74. The predicted octanol–water partition coefficient (Wildman–Crippen LogP) is 2.49. The molecule has 3 nitrogen and oxygen atoms in total. The predicted molar refractivity (Wildman–Crippen MR) is 59.7 cm³/mol. The number of nitrogens with zero attached hydrogens (tertiary/aromatic N) is 1. The standard InChI is InChI=1S/C9H10ClN3S/c10-8-7(12-9(11)13-8)4-3-6-2-1-5-14-6/h1-2,5H,3-4H2,(H3,11,12,13). The lowest BCUT2D eigenvalue weighted by molar-refractivity contribution is 0.943. The van der Waals surface area contributed by atoms with Crippen LogP contribution in [0.2, 0.25) is 5.15 Å². The zero-order valence-electron chi connectivity index (χ0n) is 7.46. The molecule has 14 heavy (non-hydrogen) atoms. The molecular weight excluding hydrogens is 218 g/mol. The number of nitrogens with two attached hydrogens (primary N) is 1. The molecule has 0 amide bonds. The second kappa shape index (κ2) is 4.02. The minimum atomic E-state index is 0.385. The molecule has 0 unspecified atom stereocenters. The number of halogens is 1. The molecule has 0 aliphatic carbocycles. The van der Waals surface area contributed by atoms with Gasteiger partial charge in [0, 0.05) is 4.88 Å². The lowest BCUT2D eigenvalue weighted by atomic mass is 10.2. The third-order valence-corrected chi connectivity index (χ3v) is 3.20. The molecule has 5 heteroatoms. The Labute approximate surface area is 90.9 Å². The first kappa shape index (κ1) is 9.55. The molecule has 2 aromatic rings. The molecule has 2 heterocycles. The van der Waals surface area contributed by atoms with Gasteiger partial charge in [-0.05, 0) is 24.3 Å². The van der Waals surface area contributed by atoms with Crippen molar-refractivity contribution >= 4 is 28.9 Å². The zero-order chi connectivity index (χ0) is 9.97. The minimum Gasteiger partial charge on any atom is -0.369 e. The van der Waals surface area contributed by atoms with Crippen LogP contribution in [0.5, 0.6) is 0 Å². The minimum absolute atomic E-state index is 0.385. The Balaban J connectivity index is 2.01. The van der Waals surface area contributed by atoms with Crippen molar-refractivity contribution < 1.29 is 0 Å². The fourth-order valence-corrected chi connectivity index (χ4v) is 2.22. The van der Waals surface area contributed by atoms with Crippen LogP contribution in [0.3, 0.4) is 0 Å². The molecule has 0 saturated heterocycles. The van der Waals surface area contributed by atoms with Crippen LogP contribution in [0.15, 0.2) is 17.5 Å². The summed E-state index contributed by atoms with van der Waals surface area (Å²) in [5, 5.41) is 2.55. The number of aromatic nitrogens is 2. The van der Waals surface area contributed by atoms with Crippen molar-refractivity contribution in [1.82, 2.24) is 9.97 Å². The summed E-state index contributed by atoms with van der Waals surface area (Å²) in [6.07, 6.45) is 1.82. The van der Waals surface area contributed by atoms with Crippen LogP contribution in [-0.2, 0) is 12.8 Å². The summed E-state index contributed by atoms with van der Waals surface area (Å²) >= 11 is 7.61. The van der Waals surface area contributed by atoms with Crippen LogP contribution in [0.25, 0.3) is 0 Å². The van der Waals surface area contributed by atoms with Crippen molar-refractivity contribution in [3.8, 4) is 0 Å². The number of aryl methyl sites for hydroxylation is 2. The highest BCUT2D eigenvalue weighted by Gasteiger charge is 2.06. The van der Waals surface area contributed by atoms with Gasteiger partial charge in [0.25, 0.3) is 0 Å². The zero-order valence-corrected chi connectivity index (χ0v) is 9.03. The van der Waals surface area contributed by atoms with E-state index >= 15 is 0 Å². The molecule has 0 aliphatic rings. The van der Waals surface area contributed by atoms with Crippen LogP contribution >= 0.6 is 22.9 Å². The molecule has 74 valence electrons. The Morgan fingerprint density at radius 1 is 1.50 bits per heavy atom. The van der Waals surface area contributed by atoms with E-state index in [9.17, 15) is 0 Å². The number of nitrogen functional groups attached to an aromatic ring is 1. The number of hydrogen-bond donors (Lipinski definition) is 2. The molecule has 2 rings (SSSR count). The molecule has 0 spiro atoms. The summed E-state index contributed by atoms with van der Waals surface area (Å²) in [5.74, 6) is 0.385. The maximum absolute atomic E-state index is 5.87. The number of nitrogens with one attached hydrogen (secondary N) is 1. The van der Waals surface area contributed by atoms with Gasteiger partial charge in [0.1, 0.15) is 0 Å². The third kappa shape index (κ3) is 2.08. The van der Waals surface area contributed by atoms with E-state index in [1.807, 2.05) is 6.07 Å². The number of imidazole rings is 1. The molecule has 0 atom stereocenters. The monoisotopic (exact) mass is 227 g/mol. The van der Waals surface area contributed by atoms with E-state index in [0.29, 0.717) is 11.1 Å². The summed E-state index contributed by atoms with van der Waals surface area (Å²) in [6, 6.07) is 4.15. The molecule has 2 aromatic heterocycles. The fourth-order valence-electron chi connectivity index (χ4n) is 1.28. The van der Waals surface area contributed by atoms with E-state index in [0.717, 1.165) is 18.5 Å². The Hall–Kier alpha value is -1.00. The lowest BCUT2D eigenvalue weighted by Crippen LogP contribution is -1.91. The molecular formula is C9H10ClN3S. The lowest BCUT2D eigenvalue weighted by Gasteiger charge is -1.95. The van der Waals surface area contributed by atoms with Gasteiger partial charge in [-0.3, -0.25) is 0 Å². The van der Waals surface area contributed by atoms with Gasteiger partial charge >= 0.3 is 0 Å². The first-order chi connectivity index (χ1) is 6.75. The first-order valence-corrected chi connectivity index (χ1v) is 5.53. The van der Waals surface area contributed by atoms with Crippen molar-refractivity contribution in [3.63, 3.8) is 0 Å². The second-order valence-corrected chi connectivity index (χ2v) is 4.36. The number of anilines is 1. The highest BCUT2D eigenvalue weighted by atomic mass is 35.5. The van der Waals surface area contributed by atoms with E-state index in [1.54, 1.807) is 11.3 Å². The molecule has 0 bridgehead atoms. The number of H-pyrrole nitrogens is 1. The van der Waals surface area contributed by atoms with Crippen molar-refractivity contribution in [2.45, 2.75) is 12.8 Å². The number of aromatic amines is 1. The number of rotatable bonds is 3. The van der Waals surface area contributed by atoms with Gasteiger partial charge < -0.3 is 10.7 Å². The molecule has 0 fully saturated rings. The van der Waals surface area contributed by atoms with Crippen LogP contribution < -0.4 is 5.73 Å². The maximum atomic E-state index is 5.87. The van der Waals surface area contributed by atoms with Crippen LogP contribution in [0, 0.1) is 0 Å². The number of hydrogen-bond acceptors (Lipinski definition) is 3. The topological polar surface area (TPSA) is 54.7 Å².